The minimum Gasteiger partial charge on any atom is -0.310 e. The van der Waals surface area contributed by atoms with Crippen LogP contribution in [0.2, 0.25) is 0 Å². The number of thioether (sulfide) groups is 1. The molecule has 1 unspecified atom stereocenters. The first kappa shape index (κ1) is 16.4. The van der Waals surface area contributed by atoms with Gasteiger partial charge in [-0.2, -0.15) is 0 Å². The number of hydrogen-bond acceptors (Lipinski definition) is 4. The zero-order chi connectivity index (χ0) is 17.3. The van der Waals surface area contributed by atoms with Crippen LogP contribution in [0.3, 0.4) is 0 Å². The number of carbonyl (C=O) groups excluding carboxylic acids is 1. The molecule has 1 aliphatic rings. The molecule has 1 amide bonds. The number of H-pyrrole nitrogens is 1. The van der Waals surface area contributed by atoms with Gasteiger partial charge >= 0.3 is 0 Å². The molecule has 0 saturated carbocycles. The number of halogens is 2. The molecule has 24 heavy (non-hydrogen) atoms. The molecule has 0 spiro atoms. The van der Waals surface area contributed by atoms with E-state index in [1.165, 1.54) is 11.8 Å². The Hall–Kier alpha value is -2.48. The Bertz CT molecular complexity index is 862. The number of aromatic nitrogens is 2. The van der Waals surface area contributed by atoms with Gasteiger partial charge in [0.2, 0.25) is 5.91 Å². The first-order chi connectivity index (χ1) is 11.5. The van der Waals surface area contributed by atoms with Crippen LogP contribution in [0.4, 0.5) is 14.6 Å². The highest BCUT2D eigenvalue weighted by Gasteiger charge is 2.31. The smallest absolute Gasteiger partial charge is 0.257 e. The Kier molecular flexibility index (Phi) is 4.48. The molecule has 2 N–H and O–H groups in total. The fraction of sp³-hybridized carbons (Fsp3) is 0.188. The highest BCUT2D eigenvalue weighted by atomic mass is 32.2. The summed E-state index contributed by atoms with van der Waals surface area (Å²) in [6.45, 7) is 3.58. The first-order valence-electron chi connectivity index (χ1n) is 7.11. The number of amides is 1. The third-order valence-corrected chi connectivity index (χ3v) is 4.42. The monoisotopic (exact) mass is 349 g/mol. The highest BCUT2D eigenvalue weighted by Crippen LogP contribution is 2.34. The maximum Gasteiger partial charge on any atom is 0.257 e. The van der Waals surface area contributed by atoms with Crippen LogP contribution in [-0.2, 0) is 4.79 Å². The van der Waals surface area contributed by atoms with Crippen molar-refractivity contribution in [1.29, 1.82) is 0 Å². The number of nitrogens with one attached hydrogen (secondary N) is 2. The number of rotatable bonds is 4. The molecule has 0 aliphatic carbocycles. The second-order valence-corrected chi connectivity index (χ2v) is 6.25. The summed E-state index contributed by atoms with van der Waals surface area (Å²) in [7, 11) is 0. The molecule has 0 radical (unpaired) electrons. The lowest BCUT2D eigenvalue weighted by Gasteiger charge is -2.24. The Labute approximate surface area is 140 Å². The number of carbonyl (C=O) groups is 1. The van der Waals surface area contributed by atoms with Crippen LogP contribution in [0, 0.1) is 11.6 Å². The second kappa shape index (κ2) is 6.56. The first-order valence-corrected chi connectivity index (χ1v) is 8.10. The average molecular weight is 349 g/mol. The normalized spacial score (nSPS) is 16.4. The van der Waals surface area contributed by atoms with Crippen molar-refractivity contribution in [3.63, 3.8) is 0 Å². The SMILES string of the molecule is C=CCSc1nc2c(c(=O)[nH]1)C(c1cc(F)cc(F)c1)CC(=O)N2. The quantitative estimate of drug-likeness (QED) is 0.506. The third-order valence-electron chi connectivity index (χ3n) is 3.55. The summed E-state index contributed by atoms with van der Waals surface area (Å²) >= 11 is 1.25. The van der Waals surface area contributed by atoms with Crippen LogP contribution in [0.25, 0.3) is 0 Å². The molecule has 1 aliphatic heterocycles. The molecule has 0 fully saturated rings. The minimum absolute atomic E-state index is 0.0835. The van der Waals surface area contributed by atoms with E-state index in [0.29, 0.717) is 10.9 Å². The number of benzene rings is 1. The lowest BCUT2D eigenvalue weighted by Crippen LogP contribution is -2.31. The van der Waals surface area contributed by atoms with E-state index in [4.69, 9.17) is 0 Å². The van der Waals surface area contributed by atoms with Gasteiger partial charge in [0.1, 0.15) is 17.5 Å². The van der Waals surface area contributed by atoms with E-state index in [1.54, 1.807) is 6.08 Å². The lowest BCUT2D eigenvalue weighted by molar-refractivity contribution is -0.116. The summed E-state index contributed by atoms with van der Waals surface area (Å²) in [6, 6.07) is 2.98. The van der Waals surface area contributed by atoms with E-state index in [9.17, 15) is 18.4 Å². The molecule has 8 heteroatoms. The van der Waals surface area contributed by atoms with Crippen LogP contribution >= 0.6 is 11.8 Å². The molecule has 2 heterocycles. The lowest BCUT2D eigenvalue weighted by atomic mass is 9.87. The number of aromatic amines is 1. The van der Waals surface area contributed by atoms with Gasteiger partial charge in [0.05, 0.1) is 5.56 Å². The second-order valence-electron chi connectivity index (χ2n) is 5.24. The van der Waals surface area contributed by atoms with Gasteiger partial charge in [-0.25, -0.2) is 13.8 Å². The van der Waals surface area contributed by atoms with Crippen molar-refractivity contribution < 1.29 is 13.6 Å². The molecule has 3 rings (SSSR count). The van der Waals surface area contributed by atoms with E-state index in [0.717, 1.165) is 18.2 Å². The van der Waals surface area contributed by atoms with Crippen LogP contribution < -0.4 is 10.9 Å². The maximum atomic E-state index is 13.5. The van der Waals surface area contributed by atoms with E-state index in [2.05, 4.69) is 21.9 Å². The number of hydrogen-bond donors (Lipinski definition) is 2. The van der Waals surface area contributed by atoms with Gasteiger partial charge in [-0.15, -0.1) is 6.58 Å². The highest BCUT2D eigenvalue weighted by molar-refractivity contribution is 7.99. The summed E-state index contributed by atoms with van der Waals surface area (Å²) in [5.41, 5.74) is -0.0221. The van der Waals surface area contributed by atoms with Crippen molar-refractivity contribution in [2.24, 2.45) is 0 Å². The fourth-order valence-corrected chi connectivity index (χ4v) is 3.21. The van der Waals surface area contributed by atoms with Crippen LogP contribution in [0.5, 0.6) is 0 Å². The maximum absolute atomic E-state index is 13.5. The van der Waals surface area contributed by atoms with Crippen LogP contribution in [0.15, 0.2) is 40.8 Å². The van der Waals surface area contributed by atoms with Gasteiger partial charge in [-0.05, 0) is 17.7 Å². The zero-order valence-corrected chi connectivity index (χ0v) is 13.3. The molecule has 0 saturated heterocycles. The summed E-state index contributed by atoms with van der Waals surface area (Å²) < 4.78 is 27.0. The van der Waals surface area contributed by atoms with Gasteiger partial charge in [0.25, 0.3) is 5.56 Å². The van der Waals surface area contributed by atoms with Gasteiger partial charge < -0.3 is 10.3 Å². The molecule has 1 atom stereocenters. The Morgan fingerprint density at radius 3 is 2.67 bits per heavy atom. The molecule has 1 aromatic carbocycles. The largest absolute Gasteiger partial charge is 0.310 e. The molecular weight excluding hydrogens is 336 g/mol. The molecule has 5 nitrogen and oxygen atoms in total. The average Bonchev–Trinajstić information content (AvgIpc) is 2.50. The van der Waals surface area contributed by atoms with Crippen LogP contribution in [-0.4, -0.2) is 21.6 Å². The third kappa shape index (κ3) is 3.23. The van der Waals surface area contributed by atoms with Crippen molar-refractivity contribution in [3.8, 4) is 0 Å². The van der Waals surface area contributed by atoms with Gasteiger partial charge in [0.15, 0.2) is 5.16 Å². The zero-order valence-electron chi connectivity index (χ0n) is 12.4. The Morgan fingerprint density at radius 1 is 1.29 bits per heavy atom. The number of nitrogens with zero attached hydrogens (tertiary/aromatic N) is 1. The minimum atomic E-state index is -0.764. The summed E-state index contributed by atoms with van der Waals surface area (Å²) in [5.74, 6) is -1.99. The van der Waals surface area contributed by atoms with E-state index in [1.807, 2.05) is 0 Å². The van der Waals surface area contributed by atoms with Gasteiger partial charge in [-0.1, -0.05) is 17.8 Å². The summed E-state index contributed by atoms with van der Waals surface area (Å²) in [6.07, 6.45) is 1.57. The van der Waals surface area contributed by atoms with Gasteiger partial charge in [0, 0.05) is 24.2 Å². The van der Waals surface area contributed by atoms with Crippen molar-refractivity contribution in [2.75, 3.05) is 11.1 Å². The standard InChI is InChI=1S/C16H13F2N3O2S/c1-2-3-24-16-20-14-13(15(23)21-16)11(7-12(22)19-14)8-4-9(17)6-10(18)5-8/h2,4-6,11H,1,3,7H2,(H2,19,20,21,22,23). The molecule has 2 aromatic rings. The molecular formula is C16H13F2N3O2S. The van der Waals surface area contributed by atoms with E-state index >= 15 is 0 Å². The molecule has 124 valence electrons. The summed E-state index contributed by atoms with van der Waals surface area (Å²) in [5, 5.41) is 2.89. The molecule has 0 bridgehead atoms. The Morgan fingerprint density at radius 2 is 2.00 bits per heavy atom. The predicted octanol–water partition coefficient (Wildman–Crippen LogP) is 2.80. The van der Waals surface area contributed by atoms with Crippen molar-refractivity contribution >= 4 is 23.5 Å². The number of anilines is 1. The van der Waals surface area contributed by atoms with Crippen molar-refractivity contribution in [1.82, 2.24) is 9.97 Å². The predicted molar refractivity (Wildman–Crippen MR) is 87.2 cm³/mol. The van der Waals surface area contributed by atoms with E-state index in [-0.39, 0.29) is 29.3 Å². The summed E-state index contributed by atoms with van der Waals surface area (Å²) in [4.78, 5) is 31.2. The van der Waals surface area contributed by atoms with Gasteiger partial charge in [-0.3, -0.25) is 9.59 Å². The fourth-order valence-electron chi connectivity index (χ4n) is 2.62. The molecule has 1 aromatic heterocycles. The van der Waals surface area contributed by atoms with Crippen LogP contribution in [0.1, 0.15) is 23.5 Å². The van der Waals surface area contributed by atoms with Crippen molar-refractivity contribution in [3.05, 3.63) is 64.0 Å². The van der Waals surface area contributed by atoms with Crippen molar-refractivity contribution in [2.45, 2.75) is 17.5 Å². The Balaban J connectivity index is 2.10. The topological polar surface area (TPSA) is 74.8 Å². The van der Waals surface area contributed by atoms with E-state index < -0.39 is 23.1 Å². The number of fused-ring (bicyclic) bond motifs is 1.